The monoisotopic (exact) mass is 408 g/mol. The first-order valence-electron chi connectivity index (χ1n) is 10.6. The third-order valence-corrected chi connectivity index (χ3v) is 5.13. The van der Waals surface area contributed by atoms with Crippen molar-refractivity contribution in [2.45, 2.75) is 116 Å². The van der Waals surface area contributed by atoms with E-state index in [1.807, 2.05) is 0 Å². The smallest absolute Gasteiger partial charge is 0.397 e. The zero-order valence-corrected chi connectivity index (χ0v) is 18.1. The van der Waals surface area contributed by atoms with Crippen LogP contribution in [0.1, 0.15) is 110 Å². The highest BCUT2D eigenvalue weighted by Crippen LogP contribution is 2.18. The van der Waals surface area contributed by atoms with Crippen LogP contribution in [-0.2, 0) is 24.1 Å². The Morgan fingerprint density at radius 1 is 0.815 bits per heavy atom. The highest BCUT2D eigenvalue weighted by Gasteiger charge is 2.16. The molecule has 1 N–H and O–H groups in total. The van der Waals surface area contributed by atoms with Crippen LogP contribution in [0.15, 0.2) is 0 Å². The Hall–Kier alpha value is -0.660. The van der Waals surface area contributed by atoms with E-state index in [1.165, 1.54) is 32.6 Å². The molecule has 0 aromatic rings. The molecule has 0 saturated heterocycles. The van der Waals surface area contributed by atoms with Gasteiger partial charge in [-0.25, -0.2) is 4.18 Å². The molecule has 0 amide bonds. The van der Waals surface area contributed by atoms with Gasteiger partial charge in [-0.15, -0.1) is 0 Å². The van der Waals surface area contributed by atoms with Gasteiger partial charge >= 0.3 is 16.4 Å². The lowest BCUT2D eigenvalue weighted by Gasteiger charge is -2.15. The van der Waals surface area contributed by atoms with Crippen LogP contribution in [0, 0.1) is 0 Å². The zero-order chi connectivity index (χ0) is 20.4. The number of esters is 1. The zero-order valence-electron chi connectivity index (χ0n) is 17.3. The van der Waals surface area contributed by atoms with Gasteiger partial charge in [0.2, 0.25) is 0 Å². The first kappa shape index (κ1) is 26.3. The van der Waals surface area contributed by atoms with Crippen molar-refractivity contribution in [3.8, 4) is 0 Å². The van der Waals surface area contributed by atoms with Crippen molar-refractivity contribution in [1.82, 2.24) is 0 Å². The van der Waals surface area contributed by atoms with Crippen LogP contribution in [-0.4, -0.2) is 31.7 Å². The largest absolute Gasteiger partial charge is 0.466 e. The van der Waals surface area contributed by atoms with E-state index in [9.17, 15) is 13.2 Å². The second-order valence-corrected chi connectivity index (χ2v) is 8.35. The standard InChI is InChI=1S/C20H40O6S/c1-3-4-5-6-10-13-16-20(26-27(22,23)24)17-14-11-8-7-9-12-15-18-25-19(2)21/h20H,3-18H2,1-2H3,(H,22,23,24). The Balaban J connectivity index is 3.74. The third-order valence-electron chi connectivity index (χ3n) is 4.61. The molecule has 0 aliphatic heterocycles. The van der Waals surface area contributed by atoms with Crippen molar-refractivity contribution in [3.63, 3.8) is 0 Å². The molecule has 6 nitrogen and oxygen atoms in total. The van der Waals surface area contributed by atoms with E-state index in [1.54, 1.807) is 0 Å². The number of carbonyl (C=O) groups excluding carboxylic acids is 1. The molecule has 0 aromatic carbocycles. The third kappa shape index (κ3) is 21.5. The summed E-state index contributed by atoms with van der Waals surface area (Å²) in [6.45, 7) is 4.10. The molecule has 0 heterocycles. The summed E-state index contributed by atoms with van der Waals surface area (Å²) >= 11 is 0. The Morgan fingerprint density at radius 2 is 1.26 bits per heavy atom. The summed E-state index contributed by atoms with van der Waals surface area (Å²) in [5.41, 5.74) is 0. The van der Waals surface area contributed by atoms with Crippen LogP contribution in [0.5, 0.6) is 0 Å². The molecule has 0 fully saturated rings. The van der Waals surface area contributed by atoms with Gasteiger partial charge in [0.1, 0.15) is 0 Å². The van der Waals surface area contributed by atoms with Crippen LogP contribution in [0.25, 0.3) is 0 Å². The van der Waals surface area contributed by atoms with E-state index < -0.39 is 16.5 Å². The van der Waals surface area contributed by atoms with Gasteiger partial charge in [-0.2, -0.15) is 8.42 Å². The predicted molar refractivity (Wildman–Crippen MR) is 108 cm³/mol. The van der Waals surface area contributed by atoms with E-state index in [2.05, 4.69) is 6.92 Å². The summed E-state index contributed by atoms with van der Waals surface area (Å²) in [7, 11) is -4.38. The molecule has 0 aliphatic rings. The fraction of sp³-hybridized carbons (Fsp3) is 0.950. The normalized spacial score (nSPS) is 12.9. The summed E-state index contributed by atoms with van der Waals surface area (Å²) in [6.07, 6.45) is 15.1. The molecule has 7 heteroatoms. The van der Waals surface area contributed by atoms with E-state index in [4.69, 9.17) is 13.5 Å². The van der Waals surface area contributed by atoms with Crippen molar-refractivity contribution in [1.29, 1.82) is 0 Å². The molecule has 0 bridgehead atoms. The summed E-state index contributed by atoms with van der Waals surface area (Å²) in [5.74, 6) is -0.224. The lowest BCUT2D eigenvalue weighted by atomic mass is 10.0. The number of rotatable bonds is 19. The minimum absolute atomic E-state index is 0.224. The highest BCUT2D eigenvalue weighted by atomic mass is 32.3. The maximum absolute atomic E-state index is 11.0. The molecule has 1 unspecified atom stereocenters. The summed E-state index contributed by atoms with van der Waals surface area (Å²) in [5, 5.41) is 0. The first-order valence-corrected chi connectivity index (χ1v) is 12.0. The topological polar surface area (TPSA) is 89.9 Å². The van der Waals surface area contributed by atoms with Gasteiger partial charge < -0.3 is 4.74 Å². The molecule has 0 rings (SSSR count). The summed E-state index contributed by atoms with van der Waals surface area (Å²) in [4.78, 5) is 10.6. The second kappa shape index (κ2) is 17.4. The molecular formula is C20H40O6S. The minimum atomic E-state index is -4.38. The van der Waals surface area contributed by atoms with Crippen molar-refractivity contribution < 1.29 is 26.7 Å². The molecule has 1 atom stereocenters. The van der Waals surface area contributed by atoms with E-state index in [0.29, 0.717) is 19.4 Å². The number of hydrogen-bond donors (Lipinski definition) is 1. The molecule has 27 heavy (non-hydrogen) atoms. The Labute approximate surface area is 166 Å². The molecule has 0 spiro atoms. The molecule has 162 valence electrons. The van der Waals surface area contributed by atoms with Gasteiger partial charge in [-0.05, 0) is 19.3 Å². The van der Waals surface area contributed by atoms with Crippen molar-refractivity contribution in [2.24, 2.45) is 0 Å². The van der Waals surface area contributed by atoms with E-state index in [-0.39, 0.29) is 5.97 Å². The molecule has 0 aromatic heterocycles. The fourth-order valence-corrected chi connectivity index (χ4v) is 3.68. The summed E-state index contributed by atoms with van der Waals surface area (Å²) in [6, 6.07) is 0. The van der Waals surface area contributed by atoms with Crippen LogP contribution in [0.4, 0.5) is 0 Å². The Bertz CT molecular complexity index is 449. The summed E-state index contributed by atoms with van der Waals surface area (Å²) < 4.78 is 40.7. The predicted octanol–water partition coefficient (Wildman–Crippen LogP) is 5.61. The van der Waals surface area contributed by atoms with Crippen LogP contribution >= 0.6 is 0 Å². The van der Waals surface area contributed by atoms with Gasteiger partial charge in [-0.3, -0.25) is 9.35 Å². The number of hydrogen-bond acceptors (Lipinski definition) is 5. The SMILES string of the molecule is CCCCCCCCC(CCCCCCCCCOC(C)=O)OS(=O)(=O)O. The Morgan fingerprint density at radius 3 is 1.70 bits per heavy atom. The van der Waals surface area contributed by atoms with Crippen molar-refractivity contribution >= 4 is 16.4 Å². The molecule has 0 radical (unpaired) electrons. The Kier molecular flexibility index (Phi) is 17.0. The lowest BCUT2D eigenvalue weighted by Crippen LogP contribution is -2.18. The van der Waals surface area contributed by atoms with Gasteiger partial charge in [-0.1, -0.05) is 84.0 Å². The quantitative estimate of drug-likeness (QED) is 0.170. The van der Waals surface area contributed by atoms with Gasteiger partial charge in [0.05, 0.1) is 12.7 Å². The van der Waals surface area contributed by atoms with Crippen LogP contribution < -0.4 is 0 Å². The van der Waals surface area contributed by atoms with E-state index in [0.717, 1.165) is 57.8 Å². The average molecular weight is 409 g/mol. The molecule has 0 saturated carbocycles. The van der Waals surface area contributed by atoms with Crippen LogP contribution in [0.3, 0.4) is 0 Å². The maximum atomic E-state index is 11.0. The minimum Gasteiger partial charge on any atom is -0.466 e. The average Bonchev–Trinajstić information content (AvgIpc) is 2.57. The van der Waals surface area contributed by atoms with Gasteiger partial charge in [0.15, 0.2) is 0 Å². The van der Waals surface area contributed by atoms with Crippen LogP contribution in [0.2, 0.25) is 0 Å². The number of carbonyl (C=O) groups is 1. The molecule has 0 aliphatic carbocycles. The number of unbranched alkanes of at least 4 members (excludes halogenated alkanes) is 11. The molecular weight excluding hydrogens is 368 g/mol. The first-order chi connectivity index (χ1) is 12.8. The van der Waals surface area contributed by atoms with Crippen molar-refractivity contribution in [3.05, 3.63) is 0 Å². The number of ether oxygens (including phenoxy) is 1. The second-order valence-electron chi connectivity index (χ2n) is 7.31. The fourth-order valence-electron chi connectivity index (χ4n) is 3.14. The maximum Gasteiger partial charge on any atom is 0.397 e. The van der Waals surface area contributed by atoms with Gasteiger partial charge in [0.25, 0.3) is 0 Å². The van der Waals surface area contributed by atoms with Gasteiger partial charge in [0, 0.05) is 6.92 Å². The highest BCUT2D eigenvalue weighted by molar-refractivity contribution is 7.80. The van der Waals surface area contributed by atoms with Crippen molar-refractivity contribution in [2.75, 3.05) is 6.61 Å². The lowest BCUT2D eigenvalue weighted by molar-refractivity contribution is -0.141. The van der Waals surface area contributed by atoms with E-state index >= 15 is 0 Å².